The SMILES string of the molecule is O=C1NC(=S)S/C1=C\c1c[nH]c2ccncc12.O=C1NC(=S)S/C1=C\c1c[nH]c2ccncc12. The lowest BCUT2D eigenvalue weighted by Crippen LogP contribution is -2.17. The van der Waals surface area contributed by atoms with Gasteiger partial charge in [0.1, 0.15) is 8.64 Å². The number of fused-ring (bicyclic) bond motifs is 2. The van der Waals surface area contributed by atoms with Crippen molar-refractivity contribution in [2.45, 2.75) is 0 Å². The Morgan fingerprint density at radius 3 is 1.56 bits per heavy atom. The minimum Gasteiger partial charge on any atom is -0.360 e. The molecule has 4 N–H and O–H groups in total. The van der Waals surface area contributed by atoms with E-state index < -0.39 is 0 Å². The minimum absolute atomic E-state index is 0.141. The van der Waals surface area contributed by atoms with Crippen LogP contribution in [0.15, 0.2) is 59.1 Å². The Labute approximate surface area is 212 Å². The van der Waals surface area contributed by atoms with Crippen LogP contribution in [0.1, 0.15) is 11.1 Å². The van der Waals surface area contributed by atoms with Crippen LogP contribution in [0.3, 0.4) is 0 Å². The maximum absolute atomic E-state index is 11.5. The summed E-state index contributed by atoms with van der Waals surface area (Å²) in [5, 5.41) is 7.16. The number of amides is 2. The number of carbonyl (C=O) groups excluding carboxylic acids is 2. The summed E-state index contributed by atoms with van der Waals surface area (Å²) in [6.07, 6.45) is 14.3. The highest BCUT2D eigenvalue weighted by molar-refractivity contribution is 8.27. The van der Waals surface area contributed by atoms with Gasteiger partial charge < -0.3 is 20.6 Å². The fourth-order valence-corrected chi connectivity index (χ4v) is 5.40. The number of carbonyl (C=O) groups is 2. The van der Waals surface area contributed by atoms with E-state index in [1.54, 1.807) is 24.8 Å². The third kappa shape index (κ3) is 4.66. The van der Waals surface area contributed by atoms with Crippen molar-refractivity contribution in [3.05, 3.63) is 70.3 Å². The van der Waals surface area contributed by atoms with Crippen molar-refractivity contribution < 1.29 is 9.59 Å². The number of rotatable bonds is 2. The number of hydrogen-bond donors (Lipinski definition) is 4. The molecular formula is C22H14N6O2S4. The Morgan fingerprint density at radius 2 is 1.18 bits per heavy atom. The number of aromatic amines is 2. The number of aromatic nitrogens is 4. The van der Waals surface area contributed by atoms with E-state index in [-0.39, 0.29) is 11.8 Å². The third-order valence-electron chi connectivity index (χ3n) is 4.89. The van der Waals surface area contributed by atoms with Crippen molar-refractivity contribution in [1.82, 2.24) is 30.6 Å². The van der Waals surface area contributed by atoms with E-state index in [1.807, 2.05) is 36.7 Å². The molecule has 0 aromatic carbocycles. The predicted molar refractivity (Wildman–Crippen MR) is 145 cm³/mol. The van der Waals surface area contributed by atoms with Gasteiger partial charge in [0, 0.05) is 70.1 Å². The van der Waals surface area contributed by atoms with Crippen LogP contribution >= 0.6 is 48.0 Å². The predicted octanol–water partition coefficient (Wildman–Crippen LogP) is 4.10. The smallest absolute Gasteiger partial charge is 0.263 e. The lowest BCUT2D eigenvalue weighted by molar-refractivity contribution is -0.116. The third-order valence-corrected chi connectivity index (χ3v) is 7.21. The van der Waals surface area contributed by atoms with Gasteiger partial charge in [-0.1, -0.05) is 48.0 Å². The van der Waals surface area contributed by atoms with Gasteiger partial charge in [-0.25, -0.2) is 0 Å². The number of hydrogen-bond acceptors (Lipinski definition) is 8. The number of thioether (sulfide) groups is 2. The second-order valence-electron chi connectivity index (χ2n) is 7.04. The van der Waals surface area contributed by atoms with Crippen LogP contribution in [0.2, 0.25) is 0 Å². The molecule has 0 spiro atoms. The summed E-state index contributed by atoms with van der Waals surface area (Å²) >= 11 is 12.4. The van der Waals surface area contributed by atoms with Gasteiger partial charge in [-0.15, -0.1) is 0 Å². The van der Waals surface area contributed by atoms with Gasteiger partial charge in [-0.3, -0.25) is 19.6 Å². The van der Waals surface area contributed by atoms with E-state index in [4.69, 9.17) is 24.4 Å². The summed E-state index contributed by atoms with van der Waals surface area (Å²) < 4.78 is 0.999. The number of nitrogens with one attached hydrogen (secondary N) is 4. The first-order valence-electron chi connectivity index (χ1n) is 9.80. The molecule has 0 atom stereocenters. The fourth-order valence-electron chi connectivity index (χ4n) is 3.33. The van der Waals surface area contributed by atoms with E-state index in [1.165, 1.54) is 23.5 Å². The largest absolute Gasteiger partial charge is 0.360 e. The lowest BCUT2D eigenvalue weighted by atomic mass is 10.2. The molecule has 2 fully saturated rings. The molecule has 12 heteroatoms. The Kier molecular flexibility index (Phi) is 6.28. The van der Waals surface area contributed by atoms with Gasteiger partial charge in [0.05, 0.1) is 9.81 Å². The Balaban J connectivity index is 0.000000142. The normalized spacial score (nSPS) is 18.0. The first kappa shape index (κ1) is 22.5. The number of H-pyrrole nitrogens is 2. The van der Waals surface area contributed by atoms with E-state index in [9.17, 15) is 9.59 Å². The van der Waals surface area contributed by atoms with Crippen LogP contribution in [0, 0.1) is 0 Å². The molecule has 0 aliphatic carbocycles. The van der Waals surface area contributed by atoms with Crippen LogP contribution < -0.4 is 10.6 Å². The molecule has 168 valence electrons. The van der Waals surface area contributed by atoms with Crippen LogP contribution in [0.5, 0.6) is 0 Å². The highest BCUT2D eigenvalue weighted by Crippen LogP contribution is 2.29. The zero-order valence-corrected chi connectivity index (χ0v) is 20.4. The first-order valence-corrected chi connectivity index (χ1v) is 12.2. The second kappa shape index (κ2) is 9.50. The number of thiocarbonyl (C=S) groups is 2. The number of pyridine rings is 2. The molecule has 8 nitrogen and oxygen atoms in total. The molecule has 0 unspecified atom stereocenters. The second-order valence-corrected chi connectivity index (χ2v) is 10.5. The van der Waals surface area contributed by atoms with Gasteiger partial charge >= 0.3 is 0 Å². The van der Waals surface area contributed by atoms with Crippen LogP contribution in [-0.2, 0) is 9.59 Å². The van der Waals surface area contributed by atoms with Crippen molar-refractivity contribution in [1.29, 1.82) is 0 Å². The molecule has 2 aliphatic rings. The fraction of sp³-hybridized carbons (Fsp3) is 0. The number of nitrogens with zero attached hydrogens (tertiary/aromatic N) is 2. The van der Waals surface area contributed by atoms with Gasteiger partial charge in [0.2, 0.25) is 0 Å². The van der Waals surface area contributed by atoms with Gasteiger partial charge in [0.15, 0.2) is 0 Å². The first-order chi connectivity index (χ1) is 16.5. The van der Waals surface area contributed by atoms with E-state index in [2.05, 4.69) is 30.6 Å². The highest BCUT2D eigenvalue weighted by Gasteiger charge is 2.23. The highest BCUT2D eigenvalue weighted by atomic mass is 32.2. The summed E-state index contributed by atoms with van der Waals surface area (Å²) in [6, 6.07) is 3.79. The molecule has 2 amide bonds. The maximum Gasteiger partial charge on any atom is 0.263 e. The van der Waals surface area contributed by atoms with Gasteiger partial charge in [-0.05, 0) is 24.3 Å². The molecule has 2 aliphatic heterocycles. The maximum atomic E-state index is 11.5. The molecule has 4 aromatic heterocycles. The van der Waals surface area contributed by atoms with Crippen LogP contribution in [0.4, 0.5) is 0 Å². The summed E-state index contributed by atoms with van der Waals surface area (Å²) in [4.78, 5) is 38.7. The van der Waals surface area contributed by atoms with Crippen molar-refractivity contribution in [2.24, 2.45) is 0 Å². The monoisotopic (exact) mass is 522 g/mol. The zero-order valence-electron chi connectivity index (χ0n) is 17.1. The molecule has 0 saturated carbocycles. The van der Waals surface area contributed by atoms with Gasteiger partial charge in [0.25, 0.3) is 11.8 Å². The van der Waals surface area contributed by atoms with Crippen LogP contribution in [-0.4, -0.2) is 40.4 Å². The summed E-state index contributed by atoms with van der Waals surface area (Å²) in [5.74, 6) is -0.281. The zero-order chi connectivity index (χ0) is 23.7. The van der Waals surface area contributed by atoms with E-state index in [0.717, 1.165) is 32.9 Å². The van der Waals surface area contributed by atoms with Gasteiger partial charge in [-0.2, -0.15) is 0 Å². The average Bonchev–Trinajstić information content (AvgIpc) is 3.57. The molecule has 6 rings (SSSR count). The average molecular weight is 523 g/mol. The van der Waals surface area contributed by atoms with Crippen molar-refractivity contribution >= 4 is 102 Å². The Hall–Kier alpha value is -3.32. The Morgan fingerprint density at radius 1 is 0.735 bits per heavy atom. The van der Waals surface area contributed by atoms with E-state index >= 15 is 0 Å². The Bertz CT molecular complexity index is 1440. The topological polar surface area (TPSA) is 116 Å². The standard InChI is InChI=1S/2C11H7N3OS2/c2*15-10-9(17-11(16)14-10)3-6-4-13-8-1-2-12-5-7(6)8/h2*1-5,13H,(H,14,15,16)/b2*9-3-. The molecule has 0 bridgehead atoms. The molecular weight excluding hydrogens is 509 g/mol. The quantitative estimate of drug-likeness (QED) is 0.230. The molecule has 0 radical (unpaired) electrons. The molecule has 6 heterocycles. The minimum atomic E-state index is -0.141. The van der Waals surface area contributed by atoms with Crippen molar-refractivity contribution in [2.75, 3.05) is 0 Å². The molecule has 4 aromatic rings. The summed E-state index contributed by atoms with van der Waals surface area (Å²) in [6.45, 7) is 0. The lowest BCUT2D eigenvalue weighted by Gasteiger charge is -1.92. The van der Waals surface area contributed by atoms with Crippen molar-refractivity contribution in [3.8, 4) is 0 Å². The van der Waals surface area contributed by atoms with E-state index in [0.29, 0.717) is 18.5 Å². The summed E-state index contributed by atoms with van der Waals surface area (Å²) in [7, 11) is 0. The van der Waals surface area contributed by atoms with Crippen molar-refractivity contribution in [3.63, 3.8) is 0 Å². The molecule has 34 heavy (non-hydrogen) atoms. The van der Waals surface area contributed by atoms with Crippen LogP contribution in [0.25, 0.3) is 34.0 Å². The molecule has 2 saturated heterocycles. The summed E-state index contributed by atoms with van der Waals surface area (Å²) in [5.41, 5.74) is 3.88.